The van der Waals surface area contributed by atoms with Gasteiger partial charge in [0.15, 0.2) is 15.7 Å². The first kappa shape index (κ1) is 21.7. The normalized spacial score (nSPS) is 12.2. The van der Waals surface area contributed by atoms with Gasteiger partial charge in [-0.25, -0.2) is 23.0 Å². The van der Waals surface area contributed by atoms with E-state index in [4.69, 9.17) is 0 Å². The Morgan fingerprint density at radius 1 is 0.969 bits per heavy atom. The lowest BCUT2D eigenvalue weighted by atomic mass is 10.1. The number of hydrogen-bond donors (Lipinski definition) is 0. The molecule has 164 valence electrons. The number of alkyl halides is 3. The maximum Gasteiger partial charge on any atom is 0.416 e. The van der Waals surface area contributed by atoms with Crippen molar-refractivity contribution < 1.29 is 21.6 Å². The van der Waals surface area contributed by atoms with Gasteiger partial charge in [-0.1, -0.05) is 37.3 Å². The molecule has 0 spiro atoms. The van der Waals surface area contributed by atoms with E-state index in [1.165, 1.54) is 19.2 Å². The Morgan fingerprint density at radius 2 is 1.69 bits per heavy atom. The molecule has 0 atom stereocenters. The summed E-state index contributed by atoms with van der Waals surface area (Å²) in [7, 11) is -3.84. The Labute approximate surface area is 180 Å². The predicted octanol–water partition coefficient (Wildman–Crippen LogP) is 4.26. The molecule has 4 rings (SSSR count). The second kappa shape index (κ2) is 7.86. The van der Waals surface area contributed by atoms with E-state index < -0.39 is 27.1 Å². The molecule has 0 N–H and O–H groups in total. The number of nitrogens with zero attached hydrogens (tertiary/aromatic N) is 3. The summed E-state index contributed by atoms with van der Waals surface area (Å²) in [5.41, 5.74) is -0.565. The van der Waals surface area contributed by atoms with Gasteiger partial charge in [0.2, 0.25) is 0 Å². The number of benzene rings is 2. The Balaban J connectivity index is 1.98. The van der Waals surface area contributed by atoms with Gasteiger partial charge in [-0.2, -0.15) is 13.2 Å². The minimum absolute atomic E-state index is 0.0556. The van der Waals surface area contributed by atoms with E-state index >= 15 is 0 Å². The van der Waals surface area contributed by atoms with Crippen molar-refractivity contribution in [1.29, 1.82) is 0 Å². The van der Waals surface area contributed by atoms with Gasteiger partial charge in [-0.05, 0) is 29.8 Å². The highest BCUT2D eigenvalue weighted by Crippen LogP contribution is 2.31. The lowest BCUT2D eigenvalue weighted by molar-refractivity contribution is -0.137. The van der Waals surface area contributed by atoms with Gasteiger partial charge < -0.3 is 0 Å². The zero-order valence-corrected chi connectivity index (χ0v) is 17.5. The molecule has 0 amide bonds. The zero-order chi connectivity index (χ0) is 23.1. The van der Waals surface area contributed by atoms with Crippen LogP contribution in [-0.4, -0.2) is 28.7 Å². The van der Waals surface area contributed by atoms with Crippen molar-refractivity contribution in [3.8, 4) is 16.9 Å². The molecule has 0 aliphatic rings. The molecule has 2 heterocycles. The summed E-state index contributed by atoms with van der Waals surface area (Å²) in [6.45, 7) is 1.45. The molecule has 0 aliphatic carbocycles. The maximum atomic E-state index is 13.1. The Bertz CT molecular complexity index is 1480. The van der Waals surface area contributed by atoms with Crippen molar-refractivity contribution in [1.82, 2.24) is 14.5 Å². The van der Waals surface area contributed by atoms with E-state index in [-0.39, 0.29) is 27.4 Å². The average molecular weight is 459 g/mol. The van der Waals surface area contributed by atoms with Crippen LogP contribution in [0.15, 0.2) is 76.8 Å². The largest absolute Gasteiger partial charge is 0.416 e. The highest BCUT2D eigenvalue weighted by atomic mass is 32.2. The predicted molar refractivity (Wildman–Crippen MR) is 113 cm³/mol. The first-order valence-electron chi connectivity index (χ1n) is 9.49. The monoisotopic (exact) mass is 459 g/mol. The maximum absolute atomic E-state index is 13.1. The van der Waals surface area contributed by atoms with Gasteiger partial charge in [0.25, 0.3) is 5.56 Å². The molecule has 0 aliphatic heterocycles. The van der Waals surface area contributed by atoms with Crippen molar-refractivity contribution in [3.05, 3.63) is 83.0 Å². The smallest absolute Gasteiger partial charge is 0.268 e. The Kier molecular flexibility index (Phi) is 5.33. The van der Waals surface area contributed by atoms with Crippen molar-refractivity contribution in [2.75, 3.05) is 5.75 Å². The molecule has 2 aromatic heterocycles. The third-order valence-corrected chi connectivity index (χ3v) is 6.70. The summed E-state index contributed by atoms with van der Waals surface area (Å²) in [6, 6.07) is 13.0. The molecule has 0 fully saturated rings. The minimum atomic E-state index is -4.65. The third-order valence-electron chi connectivity index (χ3n) is 4.97. The van der Waals surface area contributed by atoms with Crippen molar-refractivity contribution >= 4 is 20.7 Å². The summed E-state index contributed by atoms with van der Waals surface area (Å²) in [5, 5.41) is -0.295. The molecule has 0 saturated carbocycles. The van der Waals surface area contributed by atoms with Gasteiger partial charge >= 0.3 is 6.18 Å². The Hall–Kier alpha value is -3.53. The van der Waals surface area contributed by atoms with Gasteiger partial charge in [0.1, 0.15) is 11.2 Å². The average Bonchev–Trinajstić information content (AvgIpc) is 2.79. The molecule has 32 heavy (non-hydrogen) atoms. The van der Waals surface area contributed by atoms with Crippen LogP contribution in [0.2, 0.25) is 0 Å². The molecule has 6 nitrogen and oxygen atoms in total. The number of sulfone groups is 1. The van der Waals surface area contributed by atoms with Gasteiger partial charge in [-0.3, -0.25) is 4.79 Å². The first-order chi connectivity index (χ1) is 15.1. The van der Waals surface area contributed by atoms with Crippen LogP contribution in [0.25, 0.3) is 27.8 Å². The van der Waals surface area contributed by atoms with Gasteiger partial charge in [-0.15, -0.1) is 0 Å². The molecule has 2 aromatic carbocycles. The fourth-order valence-corrected chi connectivity index (χ4v) is 4.29. The van der Waals surface area contributed by atoms with Crippen LogP contribution >= 0.6 is 0 Å². The van der Waals surface area contributed by atoms with Crippen LogP contribution in [0.3, 0.4) is 0 Å². The van der Waals surface area contributed by atoms with Crippen LogP contribution in [-0.2, 0) is 16.0 Å². The lowest BCUT2D eigenvalue weighted by Crippen LogP contribution is -2.23. The van der Waals surface area contributed by atoms with Crippen molar-refractivity contribution in [2.45, 2.75) is 18.0 Å². The fraction of sp³-hybridized carbons (Fsp3) is 0.136. The van der Waals surface area contributed by atoms with Crippen LogP contribution in [0, 0.1) is 0 Å². The van der Waals surface area contributed by atoms with Gasteiger partial charge in [0.05, 0.1) is 22.2 Å². The van der Waals surface area contributed by atoms with Crippen LogP contribution in [0.1, 0.15) is 12.5 Å². The highest BCUT2D eigenvalue weighted by molar-refractivity contribution is 7.91. The number of rotatable bonds is 4. The fourth-order valence-electron chi connectivity index (χ4n) is 3.24. The minimum Gasteiger partial charge on any atom is -0.268 e. The molecular weight excluding hydrogens is 443 g/mol. The van der Waals surface area contributed by atoms with E-state index in [2.05, 4.69) is 9.97 Å². The summed E-state index contributed by atoms with van der Waals surface area (Å²) >= 11 is 0. The molecule has 0 bridgehead atoms. The van der Waals surface area contributed by atoms with Crippen molar-refractivity contribution in [2.24, 2.45) is 0 Å². The molecular formula is C22H16F3N3O3S. The molecule has 0 radical (unpaired) electrons. The summed E-state index contributed by atoms with van der Waals surface area (Å²) < 4.78 is 65.9. The number of halogens is 3. The lowest BCUT2D eigenvalue weighted by Gasteiger charge is -2.13. The Morgan fingerprint density at radius 3 is 2.34 bits per heavy atom. The molecule has 4 aromatic rings. The van der Waals surface area contributed by atoms with Crippen LogP contribution < -0.4 is 5.56 Å². The second-order valence-electron chi connectivity index (χ2n) is 6.96. The third kappa shape index (κ3) is 3.89. The van der Waals surface area contributed by atoms with Crippen LogP contribution in [0.5, 0.6) is 0 Å². The van der Waals surface area contributed by atoms with E-state index in [1.807, 2.05) is 6.07 Å². The number of pyridine rings is 1. The first-order valence-corrected chi connectivity index (χ1v) is 11.1. The van der Waals surface area contributed by atoms with E-state index in [0.717, 1.165) is 28.6 Å². The molecule has 0 saturated heterocycles. The van der Waals surface area contributed by atoms with E-state index in [9.17, 15) is 26.4 Å². The van der Waals surface area contributed by atoms with E-state index in [0.29, 0.717) is 11.6 Å². The summed E-state index contributed by atoms with van der Waals surface area (Å²) in [5.74, 6) is -0.475. The SMILES string of the molecule is CCS(=O)(=O)c1cc(-c2ccccc2)cnc1-n1cnc2ccc(C(F)(F)F)cc2c1=O. The quantitative estimate of drug-likeness (QED) is 0.456. The molecule has 10 heteroatoms. The number of hydrogen-bond acceptors (Lipinski definition) is 5. The highest BCUT2D eigenvalue weighted by Gasteiger charge is 2.31. The summed E-state index contributed by atoms with van der Waals surface area (Å²) in [6.07, 6.45) is -2.17. The number of aromatic nitrogens is 3. The van der Waals surface area contributed by atoms with E-state index in [1.54, 1.807) is 24.3 Å². The standard InChI is InChI=1S/C22H16F3N3O3S/c1-2-32(30,31)19-10-15(14-6-4-3-5-7-14)12-26-20(19)28-13-27-18-9-8-16(22(23,24)25)11-17(18)21(28)29/h3-13H,2H2,1H3. The van der Waals surface area contributed by atoms with Crippen LogP contribution in [0.4, 0.5) is 13.2 Å². The second-order valence-corrected chi connectivity index (χ2v) is 9.21. The summed E-state index contributed by atoms with van der Waals surface area (Å²) in [4.78, 5) is 21.1. The van der Waals surface area contributed by atoms with Crippen molar-refractivity contribution in [3.63, 3.8) is 0 Å². The van der Waals surface area contributed by atoms with Gasteiger partial charge in [0, 0.05) is 11.8 Å². The molecule has 0 unspecified atom stereocenters. The number of fused-ring (bicyclic) bond motifs is 1. The zero-order valence-electron chi connectivity index (χ0n) is 16.7. The topological polar surface area (TPSA) is 81.9 Å².